The third kappa shape index (κ3) is 2.08. The molecule has 0 fully saturated rings. The monoisotopic (exact) mass is 242 g/mol. The first-order chi connectivity index (χ1) is 8.54. The van der Waals surface area contributed by atoms with Crippen molar-refractivity contribution in [1.82, 2.24) is 9.97 Å². The maximum absolute atomic E-state index is 5.44. The molecular formula is C15H18N2O. The second kappa shape index (κ2) is 4.77. The van der Waals surface area contributed by atoms with Crippen molar-refractivity contribution in [2.75, 3.05) is 7.11 Å². The molecule has 1 heterocycles. The molecule has 0 unspecified atom stereocenters. The summed E-state index contributed by atoms with van der Waals surface area (Å²) in [6.45, 7) is 8.15. The molecule has 0 spiro atoms. The molecule has 1 aromatic carbocycles. The van der Waals surface area contributed by atoms with Gasteiger partial charge in [0.1, 0.15) is 11.6 Å². The zero-order chi connectivity index (χ0) is 13.3. The number of benzene rings is 1. The van der Waals surface area contributed by atoms with Crippen LogP contribution in [-0.4, -0.2) is 17.1 Å². The number of aryl methyl sites for hydroxylation is 2. The first kappa shape index (κ1) is 12.6. The van der Waals surface area contributed by atoms with Crippen LogP contribution in [0.15, 0.2) is 18.3 Å². The van der Waals surface area contributed by atoms with Crippen LogP contribution in [0.2, 0.25) is 0 Å². The molecule has 0 aliphatic heterocycles. The van der Waals surface area contributed by atoms with Gasteiger partial charge in [0, 0.05) is 11.8 Å². The van der Waals surface area contributed by atoms with Gasteiger partial charge in [0.15, 0.2) is 0 Å². The van der Waals surface area contributed by atoms with E-state index in [1.807, 2.05) is 13.0 Å². The van der Waals surface area contributed by atoms with Crippen molar-refractivity contribution < 1.29 is 4.74 Å². The highest BCUT2D eigenvalue weighted by molar-refractivity contribution is 5.68. The predicted octanol–water partition coefficient (Wildman–Crippen LogP) is 3.39. The Hall–Kier alpha value is -1.90. The van der Waals surface area contributed by atoms with Crippen LogP contribution in [0.1, 0.15) is 22.5 Å². The molecule has 0 saturated heterocycles. The van der Waals surface area contributed by atoms with E-state index in [0.717, 1.165) is 28.4 Å². The van der Waals surface area contributed by atoms with E-state index in [0.29, 0.717) is 0 Å². The van der Waals surface area contributed by atoms with Crippen molar-refractivity contribution in [2.24, 2.45) is 0 Å². The van der Waals surface area contributed by atoms with E-state index in [2.05, 4.69) is 36.8 Å². The average Bonchev–Trinajstić information content (AvgIpc) is 2.34. The van der Waals surface area contributed by atoms with Crippen molar-refractivity contribution in [3.63, 3.8) is 0 Å². The van der Waals surface area contributed by atoms with Gasteiger partial charge in [-0.3, -0.25) is 0 Å². The molecule has 0 amide bonds. The largest absolute Gasteiger partial charge is 0.496 e. The summed E-state index contributed by atoms with van der Waals surface area (Å²) in [5.74, 6) is 1.75. The fourth-order valence-corrected chi connectivity index (χ4v) is 2.24. The highest BCUT2D eigenvalue weighted by atomic mass is 16.5. The minimum absolute atomic E-state index is 0.790. The molecule has 94 valence electrons. The van der Waals surface area contributed by atoms with E-state index < -0.39 is 0 Å². The number of methoxy groups -OCH3 is 1. The number of hydrogen-bond donors (Lipinski definition) is 0. The Morgan fingerprint density at radius 3 is 2.39 bits per heavy atom. The molecule has 0 aliphatic carbocycles. The van der Waals surface area contributed by atoms with E-state index in [-0.39, 0.29) is 0 Å². The van der Waals surface area contributed by atoms with Crippen molar-refractivity contribution in [2.45, 2.75) is 27.7 Å². The van der Waals surface area contributed by atoms with Gasteiger partial charge < -0.3 is 4.74 Å². The molecule has 0 aliphatic rings. The lowest BCUT2D eigenvalue weighted by molar-refractivity contribution is 0.408. The summed E-state index contributed by atoms with van der Waals surface area (Å²) in [5, 5.41) is 0. The van der Waals surface area contributed by atoms with Crippen LogP contribution in [0.25, 0.3) is 11.3 Å². The molecule has 0 N–H and O–H groups in total. The van der Waals surface area contributed by atoms with E-state index in [1.165, 1.54) is 11.1 Å². The fraction of sp³-hybridized carbons (Fsp3) is 0.333. The number of rotatable bonds is 2. The summed E-state index contributed by atoms with van der Waals surface area (Å²) >= 11 is 0. The zero-order valence-electron chi connectivity index (χ0n) is 11.5. The van der Waals surface area contributed by atoms with Gasteiger partial charge >= 0.3 is 0 Å². The van der Waals surface area contributed by atoms with Crippen LogP contribution in [0.4, 0.5) is 0 Å². The van der Waals surface area contributed by atoms with E-state index in [1.54, 1.807) is 13.3 Å². The first-order valence-electron chi connectivity index (χ1n) is 5.99. The molecule has 18 heavy (non-hydrogen) atoms. The third-order valence-electron chi connectivity index (χ3n) is 3.28. The van der Waals surface area contributed by atoms with Crippen molar-refractivity contribution in [3.05, 3.63) is 40.8 Å². The van der Waals surface area contributed by atoms with Gasteiger partial charge in [0.25, 0.3) is 0 Å². The quantitative estimate of drug-likeness (QED) is 0.809. The summed E-state index contributed by atoms with van der Waals surface area (Å²) in [7, 11) is 1.71. The van der Waals surface area contributed by atoms with Gasteiger partial charge in [-0.1, -0.05) is 0 Å². The molecular weight excluding hydrogens is 224 g/mol. The Balaban J connectivity index is 2.66. The third-order valence-corrected chi connectivity index (χ3v) is 3.28. The van der Waals surface area contributed by atoms with Gasteiger partial charge in [-0.25, -0.2) is 9.97 Å². The molecule has 2 aromatic rings. The smallest absolute Gasteiger partial charge is 0.125 e. The van der Waals surface area contributed by atoms with Gasteiger partial charge in [-0.05, 0) is 56.5 Å². The van der Waals surface area contributed by atoms with Gasteiger partial charge in [-0.15, -0.1) is 0 Å². The van der Waals surface area contributed by atoms with Crippen molar-refractivity contribution in [1.29, 1.82) is 0 Å². The Morgan fingerprint density at radius 2 is 1.78 bits per heavy atom. The van der Waals surface area contributed by atoms with E-state index in [9.17, 15) is 0 Å². The summed E-state index contributed by atoms with van der Waals surface area (Å²) < 4.78 is 5.44. The van der Waals surface area contributed by atoms with Crippen LogP contribution in [0, 0.1) is 27.7 Å². The molecule has 0 radical (unpaired) electrons. The molecule has 0 atom stereocenters. The predicted molar refractivity (Wildman–Crippen MR) is 73.0 cm³/mol. The number of nitrogens with zero attached hydrogens (tertiary/aromatic N) is 2. The number of aromatic nitrogens is 2. The van der Waals surface area contributed by atoms with Crippen LogP contribution >= 0.6 is 0 Å². The maximum atomic E-state index is 5.44. The highest BCUT2D eigenvalue weighted by Crippen LogP contribution is 2.33. The SMILES string of the molecule is COc1c(C)cc(-c2ccnc(C)n2)c(C)c1C. The molecule has 2 rings (SSSR count). The van der Waals surface area contributed by atoms with Crippen molar-refractivity contribution in [3.8, 4) is 17.0 Å². The number of ether oxygens (including phenoxy) is 1. The summed E-state index contributed by atoms with van der Waals surface area (Å²) in [6.07, 6.45) is 1.80. The Kier molecular flexibility index (Phi) is 3.32. The van der Waals surface area contributed by atoms with Crippen LogP contribution < -0.4 is 4.74 Å². The maximum Gasteiger partial charge on any atom is 0.125 e. The Morgan fingerprint density at radius 1 is 1.06 bits per heavy atom. The summed E-state index contributed by atoms with van der Waals surface area (Å²) in [6, 6.07) is 4.07. The molecule has 3 nitrogen and oxygen atoms in total. The minimum Gasteiger partial charge on any atom is -0.496 e. The van der Waals surface area contributed by atoms with Gasteiger partial charge in [0.05, 0.1) is 12.8 Å². The van der Waals surface area contributed by atoms with E-state index >= 15 is 0 Å². The average molecular weight is 242 g/mol. The molecule has 1 aromatic heterocycles. The van der Waals surface area contributed by atoms with Crippen LogP contribution in [0.5, 0.6) is 5.75 Å². The standard InChI is InChI=1S/C15H18N2O/c1-9-8-13(10(2)11(3)15(9)18-5)14-6-7-16-12(4)17-14/h6-8H,1-5H3. The summed E-state index contributed by atoms with van der Waals surface area (Å²) in [4.78, 5) is 8.63. The van der Waals surface area contributed by atoms with Crippen LogP contribution in [0.3, 0.4) is 0 Å². The van der Waals surface area contributed by atoms with E-state index in [4.69, 9.17) is 4.74 Å². The summed E-state index contributed by atoms with van der Waals surface area (Å²) in [5.41, 5.74) is 5.62. The zero-order valence-corrected chi connectivity index (χ0v) is 11.5. The van der Waals surface area contributed by atoms with Gasteiger partial charge in [0.2, 0.25) is 0 Å². The lowest BCUT2D eigenvalue weighted by Gasteiger charge is -2.15. The van der Waals surface area contributed by atoms with Crippen molar-refractivity contribution >= 4 is 0 Å². The molecule has 3 heteroatoms. The Labute approximate surface area is 108 Å². The number of hydrogen-bond acceptors (Lipinski definition) is 3. The normalized spacial score (nSPS) is 10.5. The highest BCUT2D eigenvalue weighted by Gasteiger charge is 2.12. The van der Waals surface area contributed by atoms with Gasteiger partial charge in [-0.2, -0.15) is 0 Å². The molecule has 0 saturated carbocycles. The molecule has 0 bridgehead atoms. The topological polar surface area (TPSA) is 35.0 Å². The first-order valence-corrected chi connectivity index (χ1v) is 5.99. The second-order valence-corrected chi connectivity index (χ2v) is 4.51. The Bertz CT molecular complexity index is 591. The minimum atomic E-state index is 0.790. The van der Waals surface area contributed by atoms with Crippen LogP contribution in [-0.2, 0) is 0 Å². The fourth-order valence-electron chi connectivity index (χ4n) is 2.24. The lowest BCUT2D eigenvalue weighted by Crippen LogP contribution is -1.98. The second-order valence-electron chi connectivity index (χ2n) is 4.51. The lowest BCUT2D eigenvalue weighted by atomic mass is 9.96.